The van der Waals surface area contributed by atoms with Crippen LogP contribution in [0, 0.1) is 0 Å². The molecule has 1 heterocycles. The van der Waals surface area contributed by atoms with Crippen molar-refractivity contribution >= 4 is 35.6 Å². The van der Waals surface area contributed by atoms with Gasteiger partial charge in [-0.3, -0.25) is 24.2 Å². The average Bonchev–Trinajstić information content (AvgIpc) is 3.27. The molecule has 1 aliphatic rings. The number of aliphatic imine (C=N–C) groups is 1. The molecule has 0 radical (unpaired) electrons. The number of rotatable bonds is 14. The Morgan fingerprint density at radius 1 is 1.00 bits per heavy atom. The number of aliphatic hydroxyl groups is 1. The molecule has 0 spiro atoms. The number of aliphatic hydroxyl groups excluding tert-OH is 1. The smallest absolute Gasteiger partial charge is 0.326 e. The van der Waals surface area contributed by atoms with E-state index >= 15 is 0 Å². The third-order valence-electron chi connectivity index (χ3n) is 4.76. The number of nitrogens with two attached hydrogens (primary N) is 2. The van der Waals surface area contributed by atoms with E-state index in [1.165, 1.54) is 0 Å². The van der Waals surface area contributed by atoms with E-state index in [0.717, 1.165) is 6.42 Å². The van der Waals surface area contributed by atoms with Gasteiger partial charge in [0.25, 0.3) is 0 Å². The van der Waals surface area contributed by atoms with Gasteiger partial charge >= 0.3 is 11.9 Å². The van der Waals surface area contributed by atoms with E-state index < -0.39 is 66.9 Å². The second-order valence-electron chi connectivity index (χ2n) is 7.40. The highest BCUT2D eigenvalue weighted by Gasteiger charge is 2.31. The molecular formula is C18H31N7O8. The number of carbonyl (C=O) groups is 5. The first kappa shape index (κ1) is 27.6. The van der Waals surface area contributed by atoms with Crippen molar-refractivity contribution in [2.24, 2.45) is 16.5 Å². The molecule has 0 aliphatic carbocycles. The van der Waals surface area contributed by atoms with E-state index in [-0.39, 0.29) is 25.3 Å². The zero-order chi connectivity index (χ0) is 25.0. The minimum absolute atomic E-state index is 0.0377. The Kier molecular flexibility index (Phi) is 11.6. The Balaban J connectivity index is 2.86. The van der Waals surface area contributed by atoms with Crippen molar-refractivity contribution in [3.8, 4) is 0 Å². The Morgan fingerprint density at radius 2 is 1.64 bits per heavy atom. The molecule has 4 unspecified atom stereocenters. The number of carbonyl (C=O) groups excluding carboxylic acids is 3. The number of carboxylic acid groups (broad SMARTS) is 2. The molecule has 11 N–H and O–H groups in total. The summed E-state index contributed by atoms with van der Waals surface area (Å²) in [4.78, 5) is 63.3. The Hall–Kier alpha value is -3.46. The van der Waals surface area contributed by atoms with Crippen molar-refractivity contribution in [2.45, 2.75) is 56.3 Å². The summed E-state index contributed by atoms with van der Waals surface area (Å²) in [5, 5.41) is 37.3. The summed E-state index contributed by atoms with van der Waals surface area (Å²) in [5.41, 5.74) is 10.5. The molecular weight excluding hydrogens is 442 g/mol. The lowest BCUT2D eigenvalue weighted by atomic mass is 10.1. The van der Waals surface area contributed by atoms with Crippen LogP contribution in [0.3, 0.4) is 0 Å². The van der Waals surface area contributed by atoms with Gasteiger partial charge in [0, 0.05) is 6.54 Å². The van der Waals surface area contributed by atoms with E-state index in [1.807, 2.05) is 0 Å². The van der Waals surface area contributed by atoms with Crippen LogP contribution >= 0.6 is 0 Å². The summed E-state index contributed by atoms with van der Waals surface area (Å²) in [6.07, 6.45) is 0.646. The minimum Gasteiger partial charge on any atom is -0.481 e. The predicted octanol–water partition coefficient (Wildman–Crippen LogP) is -4.20. The van der Waals surface area contributed by atoms with Crippen molar-refractivity contribution in [1.29, 1.82) is 0 Å². The van der Waals surface area contributed by atoms with Crippen molar-refractivity contribution in [1.82, 2.24) is 21.3 Å². The fourth-order valence-electron chi connectivity index (χ4n) is 3.07. The molecule has 15 heteroatoms. The maximum Gasteiger partial charge on any atom is 0.326 e. The number of nitrogens with one attached hydrogen (secondary N) is 4. The second kappa shape index (κ2) is 13.8. The minimum atomic E-state index is -1.73. The van der Waals surface area contributed by atoms with Crippen molar-refractivity contribution < 1.29 is 39.3 Å². The monoisotopic (exact) mass is 473 g/mol. The molecule has 0 bridgehead atoms. The fourth-order valence-corrected chi connectivity index (χ4v) is 3.07. The number of guanidine groups is 1. The molecule has 15 nitrogen and oxygen atoms in total. The lowest BCUT2D eigenvalue weighted by Crippen LogP contribution is -2.58. The topological polar surface area (TPSA) is 259 Å². The van der Waals surface area contributed by atoms with Gasteiger partial charge in [-0.25, -0.2) is 4.79 Å². The van der Waals surface area contributed by atoms with Gasteiger partial charge in [-0.1, -0.05) is 0 Å². The molecule has 186 valence electrons. The summed E-state index contributed by atoms with van der Waals surface area (Å²) in [5.74, 6) is -5.52. The van der Waals surface area contributed by atoms with Crippen LogP contribution in [0.1, 0.15) is 32.1 Å². The molecule has 1 saturated heterocycles. The zero-order valence-corrected chi connectivity index (χ0v) is 18.0. The molecule has 0 aromatic carbocycles. The zero-order valence-electron chi connectivity index (χ0n) is 18.0. The lowest BCUT2D eigenvalue weighted by molar-refractivity contribution is -0.147. The normalized spacial score (nSPS) is 17.8. The number of nitrogens with zero attached hydrogens (tertiary/aromatic N) is 1. The molecule has 1 fully saturated rings. The average molecular weight is 473 g/mol. The van der Waals surface area contributed by atoms with E-state index in [9.17, 15) is 29.1 Å². The van der Waals surface area contributed by atoms with E-state index in [2.05, 4.69) is 26.3 Å². The molecule has 3 amide bonds. The van der Waals surface area contributed by atoms with Crippen LogP contribution in [0.5, 0.6) is 0 Å². The predicted molar refractivity (Wildman–Crippen MR) is 114 cm³/mol. The third-order valence-corrected chi connectivity index (χ3v) is 4.76. The number of hydrogen-bond donors (Lipinski definition) is 9. The largest absolute Gasteiger partial charge is 0.481 e. The molecule has 0 saturated carbocycles. The number of amides is 3. The number of hydrogen-bond acceptors (Lipinski definition) is 8. The van der Waals surface area contributed by atoms with Gasteiger partial charge in [-0.15, -0.1) is 0 Å². The van der Waals surface area contributed by atoms with Crippen LogP contribution < -0.4 is 32.7 Å². The second-order valence-corrected chi connectivity index (χ2v) is 7.40. The van der Waals surface area contributed by atoms with Crippen molar-refractivity contribution in [3.05, 3.63) is 0 Å². The van der Waals surface area contributed by atoms with Crippen LogP contribution in [-0.4, -0.2) is 94.8 Å². The molecule has 1 aliphatic heterocycles. The summed E-state index contributed by atoms with van der Waals surface area (Å²) in [7, 11) is 0. The van der Waals surface area contributed by atoms with Crippen LogP contribution in [0.2, 0.25) is 0 Å². The lowest BCUT2D eigenvalue weighted by Gasteiger charge is -2.24. The fraction of sp³-hybridized carbons (Fsp3) is 0.667. The third kappa shape index (κ3) is 10.1. The maximum atomic E-state index is 12.6. The van der Waals surface area contributed by atoms with Gasteiger partial charge < -0.3 is 48.1 Å². The highest BCUT2D eigenvalue weighted by molar-refractivity contribution is 5.94. The van der Waals surface area contributed by atoms with Gasteiger partial charge in [-0.2, -0.15) is 0 Å². The van der Waals surface area contributed by atoms with E-state index in [4.69, 9.17) is 21.7 Å². The Morgan fingerprint density at radius 3 is 2.15 bits per heavy atom. The van der Waals surface area contributed by atoms with Crippen LogP contribution in [0.15, 0.2) is 4.99 Å². The molecule has 0 aromatic rings. The summed E-state index contributed by atoms with van der Waals surface area (Å²) >= 11 is 0. The van der Waals surface area contributed by atoms with Gasteiger partial charge in [0.15, 0.2) is 5.96 Å². The standard InChI is InChI=1S/C18H31N7O8/c19-18(20)22-6-2-4-10(15(30)24-11(17(32)33)7-13(27)28)23-16(31)12(8-26)25-14(29)9-3-1-5-21-9/h9-12,21,26H,1-8H2,(H,23,31)(H,24,30)(H,25,29)(H,27,28)(H,32,33)(H4,19,20,22). The van der Waals surface area contributed by atoms with E-state index in [0.29, 0.717) is 13.0 Å². The van der Waals surface area contributed by atoms with Gasteiger partial charge in [-0.05, 0) is 32.2 Å². The van der Waals surface area contributed by atoms with Crippen LogP contribution in [-0.2, 0) is 24.0 Å². The summed E-state index contributed by atoms with van der Waals surface area (Å²) < 4.78 is 0. The first-order chi connectivity index (χ1) is 15.5. The van der Waals surface area contributed by atoms with Gasteiger partial charge in [0.1, 0.15) is 18.1 Å². The van der Waals surface area contributed by atoms with Crippen molar-refractivity contribution in [3.63, 3.8) is 0 Å². The summed E-state index contributed by atoms with van der Waals surface area (Å²) in [6.45, 7) is 0.00356. The highest BCUT2D eigenvalue weighted by atomic mass is 16.4. The Labute approximate surface area is 189 Å². The first-order valence-corrected chi connectivity index (χ1v) is 10.3. The number of aliphatic carboxylic acids is 2. The van der Waals surface area contributed by atoms with Gasteiger partial charge in [0.2, 0.25) is 17.7 Å². The quantitative estimate of drug-likeness (QED) is 0.0663. The molecule has 33 heavy (non-hydrogen) atoms. The molecule has 0 aromatic heterocycles. The molecule has 4 atom stereocenters. The Bertz CT molecular complexity index is 750. The maximum absolute atomic E-state index is 12.6. The molecule has 1 rings (SSSR count). The SMILES string of the molecule is NC(N)=NCCCC(NC(=O)C(CO)NC(=O)C1CCCN1)C(=O)NC(CC(=O)O)C(=O)O. The highest BCUT2D eigenvalue weighted by Crippen LogP contribution is 2.06. The van der Waals surface area contributed by atoms with Crippen molar-refractivity contribution in [2.75, 3.05) is 19.7 Å². The van der Waals surface area contributed by atoms with Crippen LogP contribution in [0.25, 0.3) is 0 Å². The summed E-state index contributed by atoms with van der Waals surface area (Å²) in [6, 6.07) is -4.90. The van der Waals surface area contributed by atoms with Crippen LogP contribution in [0.4, 0.5) is 0 Å². The van der Waals surface area contributed by atoms with E-state index in [1.54, 1.807) is 0 Å². The number of carboxylic acids is 2. The van der Waals surface area contributed by atoms with Gasteiger partial charge in [0.05, 0.1) is 19.1 Å². The first-order valence-electron chi connectivity index (χ1n) is 10.3.